The Morgan fingerprint density at radius 2 is 1.21 bits per heavy atom. The molecular weight excluding hydrogens is 512 g/mol. The summed E-state index contributed by atoms with van der Waals surface area (Å²) >= 11 is 0. The third-order valence-electron chi connectivity index (χ3n) is 9.27. The zero-order chi connectivity index (χ0) is 31.6. The summed E-state index contributed by atoms with van der Waals surface area (Å²) in [5, 5.41) is 10.1. The van der Waals surface area contributed by atoms with Gasteiger partial charge in [0.2, 0.25) is 0 Å². The quantitative estimate of drug-likeness (QED) is 0.199. The average Bonchev–Trinajstić information content (AvgIpc) is 3.16. The van der Waals surface area contributed by atoms with Crippen molar-refractivity contribution < 1.29 is 9.90 Å². The Kier molecular flexibility index (Phi) is 13.0. The molecule has 2 aliphatic rings. The number of allylic oxidation sites excluding steroid dienone is 19. The molecule has 42 heavy (non-hydrogen) atoms. The molecule has 1 fully saturated rings. The smallest absolute Gasteiger partial charge is 0.162 e. The number of aliphatic hydroxyl groups is 1. The number of carbonyl (C=O) groups is 1. The summed E-state index contributed by atoms with van der Waals surface area (Å²) in [4.78, 5) is 12.9. The summed E-state index contributed by atoms with van der Waals surface area (Å²) in [6, 6.07) is 0. The molecule has 2 atom stereocenters. The molecule has 2 unspecified atom stereocenters. The number of rotatable bonds is 11. The summed E-state index contributed by atoms with van der Waals surface area (Å²) < 4.78 is 0. The standard InChI is InChI=1S/C40H56O2/c1-30(18-13-20-32(3)22-24-36-34(5)28-35(41)29-38(36,6)7)16-11-12-17-31(2)19-14-21-33(4)23-25-37(42)40(10)27-15-26-39(40,8)9/h11-14,16-25,35,41H,15,26-29H2,1-10H3/b12-11+,18-13+,19-14+,24-22+,25-23+,30-16+,31-17+,32-20+,33-21+. The van der Waals surface area contributed by atoms with Crippen molar-refractivity contribution in [1.29, 1.82) is 0 Å². The lowest BCUT2D eigenvalue weighted by molar-refractivity contribution is -0.127. The van der Waals surface area contributed by atoms with Gasteiger partial charge in [0.1, 0.15) is 0 Å². The van der Waals surface area contributed by atoms with E-state index in [2.05, 4.69) is 123 Å². The van der Waals surface area contributed by atoms with Crippen LogP contribution in [0.3, 0.4) is 0 Å². The van der Waals surface area contributed by atoms with E-state index in [0.29, 0.717) is 0 Å². The SMILES string of the molecule is CC1=C(/C=C/C(C)=C/C=C/C(C)=C/C=C/C=C(C)/C=C/C=C(C)/C=C/C(=O)C2(C)CCCC2(C)C)C(C)(C)CC(O)C1. The molecule has 0 aromatic carbocycles. The Bertz CT molecular complexity index is 1280. The van der Waals surface area contributed by atoms with Gasteiger partial charge in [-0.25, -0.2) is 0 Å². The van der Waals surface area contributed by atoms with Crippen LogP contribution in [0.2, 0.25) is 0 Å². The van der Waals surface area contributed by atoms with Gasteiger partial charge in [-0.15, -0.1) is 0 Å². The minimum Gasteiger partial charge on any atom is -0.393 e. The summed E-state index contributed by atoms with van der Waals surface area (Å²) in [6.45, 7) is 21.5. The van der Waals surface area contributed by atoms with Crippen LogP contribution < -0.4 is 0 Å². The third-order valence-corrected chi connectivity index (χ3v) is 9.27. The van der Waals surface area contributed by atoms with Crippen molar-refractivity contribution in [1.82, 2.24) is 0 Å². The van der Waals surface area contributed by atoms with Crippen molar-refractivity contribution in [2.75, 3.05) is 0 Å². The van der Waals surface area contributed by atoms with Crippen LogP contribution in [-0.4, -0.2) is 17.0 Å². The molecular formula is C40H56O2. The molecule has 0 aromatic rings. The first-order valence-corrected chi connectivity index (χ1v) is 15.6. The fourth-order valence-corrected chi connectivity index (χ4v) is 6.08. The second kappa shape index (κ2) is 15.5. The lowest BCUT2D eigenvalue weighted by atomic mass is 9.66. The summed E-state index contributed by atoms with van der Waals surface area (Å²) in [7, 11) is 0. The van der Waals surface area contributed by atoms with E-state index >= 15 is 0 Å². The predicted molar refractivity (Wildman–Crippen MR) is 183 cm³/mol. The fourth-order valence-electron chi connectivity index (χ4n) is 6.08. The van der Waals surface area contributed by atoms with E-state index in [0.717, 1.165) is 43.3 Å². The first kappa shape index (κ1) is 35.2. The second-order valence-electron chi connectivity index (χ2n) is 14.0. The van der Waals surface area contributed by atoms with Gasteiger partial charge in [0.15, 0.2) is 5.78 Å². The third kappa shape index (κ3) is 10.4. The highest BCUT2D eigenvalue weighted by Crippen LogP contribution is 2.53. The van der Waals surface area contributed by atoms with E-state index < -0.39 is 0 Å². The van der Waals surface area contributed by atoms with Crippen LogP contribution in [0.15, 0.2) is 119 Å². The van der Waals surface area contributed by atoms with Gasteiger partial charge in [0.25, 0.3) is 0 Å². The van der Waals surface area contributed by atoms with Gasteiger partial charge in [0.05, 0.1) is 6.10 Å². The first-order chi connectivity index (χ1) is 19.6. The van der Waals surface area contributed by atoms with E-state index in [1.54, 1.807) is 6.08 Å². The second-order valence-corrected chi connectivity index (χ2v) is 14.0. The average molecular weight is 569 g/mol. The number of hydrogen-bond acceptors (Lipinski definition) is 2. The van der Waals surface area contributed by atoms with E-state index in [-0.39, 0.29) is 28.1 Å². The van der Waals surface area contributed by atoms with Gasteiger partial charge >= 0.3 is 0 Å². The molecule has 228 valence electrons. The first-order valence-electron chi connectivity index (χ1n) is 15.6. The van der Waals surface area contributed by atoms with Crippen LogP contribution in [0, 0.1) is 16.2 Å². The Morgan fingerprint density at radius 1 is 0.714 bits per heavy atom. The molecule has 2 rings (SSSR count). The maximum Gasteiger partial charge on any atom is 0.162 e. The Balaban J connectivity index is 1.88. The van der Waals surface area contributed by atoms with Gasteiger partial charge in [0, 0.05) is 5.41 Å². The summed E-state index contributed by atoms with van der Waals surface area (Å²) in [5.74, 6) is 0.248. The molecule has 0 saturated heterocycles. The van der Waals surface area contributed by atoms with Crippen LogP contribution in [0.5, 0.6) is 0 Å². The van der Waals surface area contributed by atoms with E-state index in [1.807, 2.05) is 25.2 Å². The lowest BCUT2D eigenvalue weighted by Crippen LogP contribution is -2.36. The summed E-state index contributed by atoms with van der Waals surface area (Å²) in [6.07, 6.45) is 33.5. The minimum absolute atomic E-state index is 0.00203. The zero-order valence-corrected chi connectivity index (χ0v) is 28.1. The van der Waals surface area contributed by atoms with Crippen LogP contribution in [0.4, 0.5) is 0 Å². The van der Waals surface area contributed by atoms with Crippen molar-refractivity contribution in [3.63, 3.8) is 0 Å². The highest BCUT2D eigenvalue weighted by molar-refractivity contribution is 5.95. The molecule has 1 N–H and O–H groups in total. The van der Waals surface area contributed by atoms with E-state index in [4.69, 9.17) is 0 Å². The molecule has 1 saturated carbocycles. The van der Waals surface area contributed by atoms with Gasteiger partial charge in [-0.2, -0.15) is 0 Å². The molecule has 2 heteroatoms. The van der Waals surface area contributed by atoms with Gasteiger partial charge < -0.3 is 5.11 Å². The van der Waals surface area contributed by atoms with Crippen LogP contribution in [0.25, 0.3) is 0 Å². The maximum absolute atomic E-state index is 12.9. The zero-order valence-electron chi connectivity index (χ0n) is 28.1. The van der Waals surface area contributed by atoms with Crippen molar-refractivity contribution in [2.24, 2.45) is 16.2 Å². The van der Waals surface area contributed by atoms with Crippen molar-refractivity contribution in [3.8, 4) is 0 Å². The molecule has 0 heterocycles. The van der Waals surface area contributed by atoms with Gasteiger partial charge in [-0.3, -0.25) is 4.79 Å². The molecule has 0 amide bonds. The van der Waals surface area contributed by atoms with E-state index in [9.17, 15) is 9.90 Å². The van der Waals surface area contributed by atoms with Crippen molar-refractivity contribution in [2.45, 2.75) is 107 Å². The fraction of sp³-hybridized carbons (Fsp3) is 0.475. The number of hydrogen-bond donors (Lipinski definition) is 1. The monoisotopic (exact) mass is 568 g/mol. The molecule has 0 spiro atoms. The van der Waals surface area contributed by atoms with Crippen LogP contribution in [0.1, 0.15) is 101 Å². The molecule has 0 aliphatic heterocycles. The van der Waals surface area contributed by atoms with Crippen molar-refractivity contribution in [3.05, 3.63) is 119 Å². The highest BCUT2D eigenvalue weighted by atomic mass is 16.3. The number of carbonyl (C=O) groups excluding carboxylic acids is 1. The largest absolute Gasteiger partial charge is 0.393 e. The Morgan fingerprint density at radius 3 is 1.71 bits per heavy atom. The highest BCUT2D eigenvalue weighted by Gasteiger charge is 2.49. The van der Waals surface area contributed by atoms with E-state index in [1.165, 1.54) is 22.3 Å². The minimum atomic E-state index is -0.253. The molecule has 2 aliphatic carbocycles. The van der Waals surface area contributed by atoms with Gasteiger partial charge in [-0.05, 0) is 82.8 Å². The van der Waals surface area contributed by atoms with Crippen LogP contribution in [-0.2, 0) is 4.79 Å². The predicted octanol–water partition coefficient (Wildman–Crippen LogP) is 10.8. The van der Waals surface area contributed by atoms with Crippen molar-refractivity contribution >= 4 is 5.78 Å². The normalized spacial score (nSPS) is 26.3. The summed E-state index contributed by atoms with van der Waals surface area (Å²) in [5.41, 5.74) is 7.04. The van der Waals surface area contributed by atoms with Gasteiger partial charge in [-0.1, -0.05) is 148 Å². The number of ketones is 1. The molecule has 2 nitrogen and oxygen atoms in total. The Labute approximate surface area is 257 Å². The molecule has 0 aromatic heterocycles. The molecule has 0 bridgehead atoms. The Hall–Kier alpha value is -2.97. The maximum atomic E-state index is 12.9. The topological polar surface area (TPSA) is 37.3 Å². The molecule has 0 radical (unpaired) electrons. The lowest BCUT2D eigenvalue weighted by Gasteiger charge is -2.36. The number of aliphatic hydroxyl groups excluding tert-OH is 1. The van der Waals surface area contributed by atoms with Crippen LogP contribution >= 0.6 is 0 Å².